The Kier molecular flexibility index (Phi) is 5.51. The number of ether oxygens (including phenoxy) is 2. The van der Waals surface area contributed by atoms with E-state index in [1.54, 1.807) is 0 Å². The van der Waals surface area contributed by atoms with Crippen molar-refractivity contribution in [3.63, 3.8) is 0 Å². The molecule has 1 saturated heterocycles. The van der Waals surface area contributed by atoms with Crippen LogP contribution < -0.4 is 10.6 Å². The minimum absolute atomic E-state index is 0.0584. The van der Waals surface area contributed by atoms with Crippen LogP contribution in [-0.2, 0) is 14.3 Å². The second-order valence-corrected chi connectivity index (χ2v) is 3.05. The summed E-state index contributed by atoms with van der Waals surface area (Å²) in [5.41, 5.74) is 0. The molecular weight excluding hydrogens is 184 g/mol. The summed E-state index contributed by atoms with van der Waals surface area (Å²) in [5, 5.41) is 5.86. The van der Waals surface area contributed by atoms with Gasteiger partial charge in [0.1, 0.15) is 6.10 Å². The van der Waals surface area contributed by atoms with Crippen LogP contribution in [0.15, 0.2) is 0 Å². The number of carbonyl (C=O) groups excluding carboxylic acids is 1. The summed E-state index contributed by atoms with van der Waals surface area (Å²) in [5.74, 6) is -0.0584. The first-order valence-corrected chi connectivity index (χ1v) is 5.02. The number of hydrogen-bond donors (Lipinski definition) is 2. The molecule has 1 rings (SSSR count). The van der Waals surface area contributed by atoms with Crippen molar-refractivity contribution in [2.24, 2.45) is 0 Å². The zero-order valence-electron chi connectivity index (χ0n) is 8.54. The minimum Gasteiger partial charge on any atom is -0.380 e. The molecule has 0 spiro atoms. The van der Waals surface area contributed by atoms with Crippen LogP contribution in [0.5, 0.6) is 0 Å². The smallest absolute Gasteiger partial charge is 0.250 e. The van der Waals surface area contributed by atoms with Crippen LogP contribution in [0, 0.1) is 0 Å². The van der Waals surface area contributed by atoms with Gasteiger partial charge in [-0.2, -0.15) is 0 Å². The van der Waals surface area contributed by atoms with Crippen molar-refractivity contribution in [2.45, 2.75) is 13.0 Å². The average Bonchev–Trinajstić information content (AvgIpc) is 2.25. The number of carbonyl (C=O) groups is 1. The second-order valence-electron chi connectivity index (χ2n) is 3.05. The molecule has 1 fully saturated rings. The number of rotatable bonds is 5. The van der Waals surface area contributed by atoms with E-state index in [0.717, 1.165) is 6.54 Å². The third-order valence-electron chi connectivity index (χ3n) is 1.97. The Morgan fingerprint density at radius 3 is 3.21 bits per heavy atom. The molecular formula is C9H18N2O3. The van der Waals surface area contributed by atoms with E-state index >= 15 is 0 Å². The highest BCUT2D eigenvalue weighted by atomic mass is 16.5. The minimum atomic E-state index is -0.342. The van der Waals surface area contributed by atoms with Gasteiger partial charge in [0, 0.05) is 26.2 Å². The number of nitrogens with one attached hydrogen (secondary N) is 2. The molecule has 0 aliphatic carbocycles. The molecule has 1 atom stereocenters. The lowest BCUT2D eigenvalue weighted by molar-refractivity contribution is -0.134. The van der Waals surface area contributed by atoms with E-state index < -0.39 is 0 Å². The molecule has 1 amide bonds. The van der Waals surface area contributed by atoms with Crippen molar-refractivity contribution in [1.29, 1.82) is 0 Å². The van der Waals surface area contributed by atoms with Gasteiger partial charge in [-0.05, 0) is 6.92 Å². The number of morpholine rings is 1. The molecule has 0 aromatic heterocycles. The molecule has 1 aliphatic heterocycles. The molecule has 1 heterocycles. The topological polar surface area (TPSA) is 59.6 Å². The van der Waals surface area contributed by atoms with Gasteiger partial charge in [0.25, 0.3) is 5.91 Å². The maximum atomic E-state index is 11.4. The molecule has 0 unspecified atom stereocenters. The third-order valence-corrected chi connectivity index (χ3v) is 1.97. The van der Waals surface area contributed by atoms with Gasteiger partial charge >= 0.3 is 0 Å². The Labute approximate surface area is 84.1 Å². The highest BCUT2D eigenvalue weighted by molar-refractivity contribution is 5.81. The second kappa shape index (κ2) is 6.75. The van der Waals surface area contributed by atoms with Crippen LogP contribution in [-0.4, -0.2) is 51.5 Å². The standard InChI is InChI=1S/C9H18N2O3/c1-2-13-5-4-11-9(12)8-7-10-3-6-14-8/h8,10H,2-7H2,1H3,(H,11,12)/t8-/m1/s1. The van der Waals surface area contributed by atoms with Crippen molar-refractivity contribution in [2.75, 3.05) is 39.5 Å². The van der Waals surface area contributed by atoms with Crippen molar-refractivity contribution in [3.05, 3.63) is 0 Å². The first kappa shape index (κ1) is 11.4. The maximum absolute atomic E-state index is 11.4. The molecule has 0 radical (unpaired) electrons. The fourth-order valence-corrected chi connectivity index (χ4v) is 1.24. The molecule has 0 saturated carbocycles. The SMILES string of the molecule is CCOCCNC(=O)[C@H]1CNCCO1. The van der Waals surface area contributed by atoms with E-state index in [2.05, 4.69) is 10.6 Å². The van der Waals surface area contributed by atoms with Crippen LogP contribution in [0.4, 0.5) is 0 Å². The van der Waals surface area contributed by atoms with Gasteiger partial charge in [-0.1, -0.05) is 0 Å². The summed E-state index contributed by atoms with van der Waals surface area (Å²) in [6.45, 7) is 5.73. The first-order chi connectivity index (χ1) is 6.84. The number of hydrogen-bond acceptors (Lipinski definition) is 4. The molecule has 5 nitrogen and oxygen atoms in total. The van der Waals surface area contributed by atoms with E-state index in [0.29, 0.717) is 32.9 Å². The number of amides is 1. The van der Waals surface area contributed by atoms with Gasteiger partial charge in [-0.3, -0.25) is 4.79 Å². The van der Waals surface area contributed by atoms with E-state index in [4.69, 9.17) is 9.47 Å². The highest BCUT2D eigenvalue weighted by Gasteiger charge is 2.20. The van der Waals surface area contributed by atoms with Gasteiger partial charge in [0.2, 0.25) is 0 Å². The highest BCUT2D eigenvalue weighted by Crippen LogP contribution is 1.95. The fraction of sp³-hybridized carbons (Fsp3) is 0.889. The lowest BCUT2D eigenvalue weighted by Crippen LogP contribution is -2.48. The molecule has 14 heavy (non-hydrogen) atoms. The molecule has 0 bridgehead atoms. The van der Waals surface area contributed by atoms with Gasteiger partial charge in [0.05, 0.1) is 13.2 Å². The Morgan fingerprint density at radius 2 is 2.57 bits per heavy atom. The van der Waals surface area contributed by atoms with Crippen molar-refractivity contribution >= 4 is 5.91 Å². The first-order valence-electron chi connectivity index (χ1n) is 5.02. The lowest BCUT2D eigenvalue weighted by Gasteiger charge is -2.22. The van der Waals surface area contributed by atoms with Gasteiger partial charge < -0.3 is 20.1 Å². The van der Waals surface area contributed by atoms with E-state index in [1.165, 1.54) is 0 Å². The van der Waals surface area contributed by atoms with E-state index in [9.17, 15) is 4.79 Å². The summed E-state index contributed by atoms with van der Waals surface area (Å²) >= 11 is 0. The van der Waals surface area contributed by atoms with Crippen LogP contribution in [0.2, 0.25) is 0 Å². The monoisotopic (exact) mass is 202 g/mol. The predicted molar refractivity (Wildman–Crippen MR) is 52.1 cm³/mol. The average molecular weight is 202 g/mol. The summed E-state index contributed by atoms with van der Waals surface area (Å²) < 4.78 is 10.4. The van der Waals surface area contributed by atoms with Gasteiger partial charge in [0.15, 0.2) is 0 Å². The third kappa shape index (κ3) is 4.04. The van der Waals surface area contributed by atoms with Crippen LogP contribution in [0.1, 0.15) is 6.92 Å². The maximum Gasteiger partial charge on any atom is 0.250 e. The van der Waals surface area contributed by atoms with Crippen LogP contribution in [0.25, 0.3) is 0 Å². The van der Waals surface area contributed by atoms with E-state index in [-0.39, 0.29) is 12.0 Å². The largest absolute Gasteiger partial charge is 0.380 e. The van der Waals surface area contributed by atoms with Crippen LogP contribution >= 0.6 is 0 Å². The molecule has 5 heteroatoms. The summed E-state index contributed by atoms with van der Waals surface area (Å²) in [6, 6.07) is 0. The zero-order chi connectivity index (χ0) is 10.2. The molecule has 0 aromatic rings. The van der Waals surface area contributed by atoms with Crippen molar-refractivity contribution < 1.29 is 14.3 Å². The quantitative estimate of drug-likeness (QED) is 0.569. The van der Waals surface area contributed by atoms with Crippen molar-refractivity contribution in [3.8, 4) is 0 Å². The summed E-state index contributed by atoms with van der Waals surface area (Å²) in [4.78, 5) is 11.4. The Morgan fingerprint density at radius 1 is 1.71 bits per heavy atom. The molecule has 2 N–H and O–H groups in total. The summed E-state index contributed by atoms with van der Waals surface area (Å²) in [7, 11) is 0. The normalized spacial score (nSPS) is 21.9. The van der Waals surface area contributed by atoms with Gasteiger partial charge in [-0.25, -0.2) is 0 Å². The Hall–Kier alpha value is -0.650. The predicted octanol–water partition coefficient (Wildman–Crippen LogP) is -0.872. The Bertz CT molecular complexity index is 169. The van der Waals surface area contributed by atoms with Gasteiger partial charge in [-0.15, -0.1) is 0 Å². The molecule has 0 aromatic carbocycles. The lowest BCUT2D eigenvalue weighted by atomic mass is 10.3. The zero-order valence-corrected chi connectivity index (χ0v) is 8.54. The molecule has 1 aliphatic rings. The Balaban J connectivity index is 2.07. The fourth-order valence-electron chi connectivity index (χ4n) is 1.24. The molecule has 82 valence electrons. The van der Waals surface area contributed by atoms with Crippen molar-refractivity contribution in [1.82, 2.24) is 10.6 Å². The van der Waals surface area contributed by atoms with Crippen LogP contribution in [0.3, 0.4) is 0 Å². The van der Waals surface area contributed by atoms with E-state index in [1.807, 2.05) is 6.92 Å². The summed E-state index contributed by atoms with van der Waals surface area (Å²) in [6.07, 6.45) is -0.342.